The number of carboxylic acid groups (broad SMARTS) is 2. The van der Waals surface area contributed by atoms with Gasteiger partial charge in [-0.2, -0.15) is 0 Å². The molecule has 4 atom stereocenters. The van der Waals surface area contributed by atoms with Crippen LogP contribution >= 0.6 is 0 Å². The summed E-state index contributed by atoms with van der Waals surface area (Å²) in [5, 5.41) is 24.1. The number of hydrogen-bond donors (Lipinski definition) is 6. The molecule has 0 saturated heterocycles. The smallest absolute Gasteiger partial charge is 0.325 e. The number of nitrogens with two attached hydrogens (primary N) is 1. The van der Waals surface area contributed by atoms with Crippen LogP contribution in [0.2, 0.25) is 0 Å². The second kappa shape index (κ2) is 9.45. The molecule has 0 aliphatic rings. The Bertz CT molecular complexity index is 520. The van der Waals surface area contributed by atoms with Gasteiger partial charge in [-0.3, -0.25) is 24.0 Å². The molecule has 4 unspecified atom stereocenters. The lowest BCUT2D eigenvalue weighted by Crippen LogP contribution is -2.56. The van der Waals surface area contributed by atoms with Gasteiger partial charge < -0.3 is 31.9 Å². The lowest BCUT2D eigenvalue weighted by Gasteiger charge is -2.21. The van der Waals surface area contributed by atoms with Gasteiger partial charge in [-0.15, -0.1) is 0 Å². The average Bonchev–Trinajstić information content (AvgIpc) is 2.45. The van der Waals surface area contributed by atoms with E-state index in [0.29, 0.717) is 0 Å². The van der Waals surface area contributed by atoms with E-state index in [-0.39, 0.29) is 0 Å². The molecule has 3 amide bonds. The Kier molecular flexibility index (Phi) is 8.39. The molecule has 0 heterocycles. The minimum absolute atomic E-state index is 0.601. The molecule has 0 spiro atoms. The summed E-state index contributed by atoms with van der Waals surface area (Å²) in [6.07, 6.45) is -0.752. The number of aliphatic carboxylic acids is 2. The first-order chi connectivity index (χ1) is 11.0. The van der Waals surface area contributed by atoms with Crippen LogP contribution in [0.5, 0.6) is 0 Å². The zero-order valence-electron chi connectivity index (χ0n) is 13.5. The fourth-order valence-corrected chi connectivity index (χ4v) is 1.47. The third-order valence-electron chi connectivity index (χ3n) is 2.91. The molecular weight excluding hydrogens is 324 g/mol. The Balaban J connectivity index is 4.91. The van der Waals surface area contributed by atoms with Crippen molar-refractivity contribution >= 4 is 29.7 Å². The molecule has 11 nitrogen and oxygen atoms in total. The quantitative estimate of drug-likeness (QED) is 0.262. The molecule has 0 saturated carbocycles. The molecule has 136 valence electrons. The average molecular weight is 346 g/mol. The third-order valence-corrected chi connectivity index (χ3v) is 2.91. The van der Waals surface area contributed by atoms with Crippen molar-refractivity contribution in [2.75, 3.05) is 0 Å². The number of carboxylic acids is 2. The summed E-state index contributed by atoms with van der Waals surface area (Å²) in [5.41, 5.74) is 5.34. The van der Waals surface area contributed by atoms with Crippen molar-refractivity contribution in [3.05, 3.63) is 0 Å². The summed E-state index contributed by atoms with van der Waals surface area (Å²) in [6, 6.07) is -4.67. The lowest BCUT2D eigenvalue weighted by atomic mass is 10.1. The Morgan fingerprint density at radius 1 is 0.833 bits per heavy atom. The second-order valence-electron chi connectivity index (χ2n) is 5.25. The zero-order valence-corrected chi connectivity index (χ0v) is 13.5. The number of carbonyl (C=O) groups is 5. The standard InChI is InChI=1S/C13H22N4O7/c1-5(14)10(20)15-6(2)11(21)17-8(4-9(18)19)12(22)16-7(3)13(23)24/h5-8H,4,14H2,1-3H3,(H,15,20)(H,16,22)(H,17,21)(H,18,19)(H,23,24). The van der Waals surface area contributed by atoms with Crippen LogP contribution in [0.1, 0.15) is 27.2 Å². The van der Waals surface area contributed by atoms with Gasteiger partial charge >= 0.3 is 11.9 Å². The monoisotopic (exact) mass is 346 g/mol. The highest BCUT2D eigenvalue weighted by molar-refractivity contribution is 5.95. The van der Waals surface area contributed by atoms with Crippen LogP contribution in [0.3, 0.4) is 0 Å². The van der Waals surface area contributed by atoms with Gasteiger partial charge in [-0.25, -0.2) is 0 Å². The third kappa shape index (κ3) is 7.54. The first-order valence-corrected chi connectivity index (χ1v) is 7.07. The van der Waals surface area contributed by atoms with Gasteiger partial charge in [0.1, 0.15) is 18.1 Å². The van der Waals surface area contributed by atoms with Gasteiger partial charge in [0.15, 0.2) is 0 Å². The van der Waals surface area contributed by atoms with Crippen LogP contribution in [0.25, 0.3) is 0 Å². The van der Waals surface area contributed by atoms with Crippen LogP contribution in [0.15, 0.2) is 0 Å². The molecule has 0 aliphatic carbocycles. The van der Waals surface area contributed by atoms with E-state index < -0.39 is 60.2 Å². The molecule has 0 aromatic heterocycles. The summed E-state index contributed by atoms with van der Waals surface area (Å²) in [5.74, 6) is -5.07. The van der Waals surface area contributed by atoms with Gasteiger partial charge in [0.2, 0.25) is 17.7 Å². The Morgan fingerprint density at radius 3 is 1.75 bits per heavy atom. The van der Waals surface area contributed by atoms with E-state index in [1.165, 1.54) is 20.8 Å². The summed E-state index contributed by atoms with van der Waals surface area (Å²) in [4.78, 5) is 56.8. The van der Waals surface area contributed by atoms with E-state index in [4.69, 9.17) is 15.9 Å². The summed E-state index contributed by atoms with van der Waals surface area (Å²) in [6.45, 7) is 3.92. The van der Waals surface area contributed by atoms with Crippen LogP contribution in [0, 0.1) is 0 Å². The molecule has 0 aromatic carbocycles. The molecule has 0 rings (SSSR count). The van der Waals surface area contributed by atoms with Crippen molar-refractivity contribution in [1.82, 2.24) is 16.0 Å². The molecule has 11 heteroatoms. The maximum absolute atomic E-state index is 12.0. The summed E-state index contributed by atoms with van der Waals surface area (Å²) >= 11 is 0. The maximum Gasteiger partial charge on any atom is 0.325 e. The first-order valence-electron chi connectivity index (χ1n) is 7.07. The molecule has 7 N–H and O–H groups in total. The van der Waals surface area contributed by atoms with Crippen molar-refractivity contribution < 1.29 is 34.2 Å². The van der Waals surface area contributed by atoms with Crippen molar-refractivity contribution in [3.63, 3.8) is 0 Å². The van der Waals surface area contributed by atoms with Crippen molar-refractivity contribution in [1.29, 1.82) is 0 Å². The normalized spacial score (nSPS) is 15.3. The van der Waals surface area contributed by atoms with Gasteiger partial charge in [0, 0.05) is 0 Å². The fourth-order valence-electron chi connectivity index (χ4n) is 1.47. The molecule has 0 radical (unpaired) electrons. The van der Waals surface area contributed by atoms with Gasteiger partial charge in [-0.05, 0) is 20.8 Å². The predicted octanol–water partition coefficient (Wildman–Crippen LogP) is -2.61. The number of nitrogens with one attached hydrogen (secondary N) is 3. The van der Waals surface area contributed by atoms with E-state index in [2.05, 4.69) is 16.0 Å². The highest BCUT2D eigenvalue weighted by atomic mass is 16.4. The molecule has 0 fully saturated rings. The van der Waals surface area contributed by atoms with E-state index >= 15 is 0 Å². The van der Waals surface area contributed by atoms with Gasteiger partial charge in [0.05, 0.1) is 12.5 Å². The largest absolute Gasteiger partial charge is 0.481 e. The van der Waals surface area contributed by atoms with Crippen LogP contribution in [-0.4, -0.2) is 64.0 Å². The highest BCUT2D eigenvalue weighted by Crippen LogP contribution is 1.97. The molecular formula is C13H22N4O7. The predicted molar refractivity (Wildman–Crippen MR) is 80.7 cm³/mol. The zero-order chi connectivity index (χ0) is 19.0. The van der Waals surface area contributed by atoms with Crippen LogP contribution in [0.4, 0.5) is 0 Å². The summed E-state index contributed by atoms with van der Waals surface area (Å²) in [7, 11) is 0. The van der Waals surface area contributed by atoms with Gasteiger partial charge in [-0.1, -0.05) is 0 Å². The lowest BCUT2D eigenvalue weighted by molar-refractivity contribution is -0.143. The minimum Gasteiger partial charge on any atom is -0.481 e. The second-order valence-corrected chi connectivity index (χ2v) is 5.25. The molecule has 0 aliphatic heterocycles. The maximum atomic E-state index is 12.0. The topological polar surface area (TPSA) is 188 Å². The Morgan fingerprint density at radius 2 is 1.33 bits per heavy atom. The highest BCUT2D eigenvalue weighted by Gasteiger charge is 2.28. The minimum atomic E-state index is -1.49. The first kappa shape index (κ1) is 21.3. The van der Waals surface area contributed by atoms with Crippen molar-refractivity contribution in [2.24, 2.45) is 5.73 Å². The SMILES string of the molecule is CC(N)C(=O)NC(C)C(=O)NC(CC(=O)O)C(=O)NC(C)C(=O)O. The fraction of sp³-hybridized carbons (Fsp3) is 0.615. The number of rotatable bonds is 9. The van der Waals surface area contributed by atoms with Gasteiger partial charge in [0.25, 0.3) is 0 Å². The van der Waals surface area contributed by atoms with E-state index in [1.54, 1.807) is 0 Å². The van der Waals surface area contributed by atoms with Crippen LogP contribution < -0.4 is 21.7 Å². The van der Waals surface area contributed by atoms with E-state index in [0.717, 1.165) is 0 Å². The Hall–Kier alpha value is -2.69. The van der Waals surface area contributed by atoms with E-state index in [1.807, 2.05) is 0 Å². The van der Waals surface area contributed by atoms with E-state index in [9.17, 15) is 24.0 Å². The number of amides is 3. The van der Waals surface area contributed by atoms with Crippen molar-refractivity contribution in [3.8, 4) is 0 Å². The summed E-state index contributed by atoms with van der Waals surface area (Å²) < 4.78 is 0. The molecule has 0 aromatic rings. The molecule has 24 heavy (non-hydrogen) atoms. The number of carbonyl (C=O) groups excluding carboxylic acids is 3. The van der Waals surface area contributed by atoms with Crippen molar-refractivity contribution in [2.45, 2.75) is 51.4 Å². The molecule has 0 bridgehead atoms. The van der Waals surface area contributed by atoms with Crippen LogP contribution in [-0.2, 0) is 24.0 Å². The number of hydrogen-bond acceptors (Lipinski definition) is 6. The Labute approximate surface area is 138 Å².